The molecule has 0 heterocycles. The molecule has 0 N–H and O–H groups in total. The first-order valence-corrected chi connectivity index (χ1v) is 10.3. The molecule has 0 aromatic heterocycles. The number of hydrogen-bond donors (Lipinski definition) is 0. The molecule has 3 rings (SSSR count). The maximum absolute atomic E-state index is 2.50. The smallest absolute Gasteiger partial charge is 0.0162 e. The highest BCUT2D eigenvalue weighted by molar-refractivity contribution is 5.64. The lowest BCUT2D eigenvalue weighted by molar-refractivity contribution is 0.182. The van der Waals surface area contributed by atoms with Crippen molar-refractivity contribution in [3.8, 4) is 11.1 Å². The molecule has 0 amide bonds. The molecule has 25 heavy (non-hydrogen) atoms. The minimum absolute atomic E-state index is 0.603. The molecule has 1 aliphatic rings. The summed E-state index contributed by atoms with van der Waals surface area (Å²) < 4.78 is 0. The van der Waals surface area contributed by atoms with E-state index in [0.717, 1.165) is 5.92 Å². The third-order valence-corrected chi connectivity index (χ3v) is 6.25. The standard InChI is InChI=1S/C25H34/c1-4-6-20-7-9-21(10-8-20)22-11-13-23(14-12-22)24-15-18-25(3,17-5-2)19-16-24/h7-14,24H,4-6,15-19H2,1-3H3. The molecule has 1 saturated carbocycles. The van der Waals surface area contributed by atoms with Gasteiger partial charge in [-0.2, -0.15) is 0 Å². The number of rotatable bonds is 6. The minimum atomic E-state index is 0.603. The molecule has 0 heteroatoms. The number of aryl methyl sites for hydroxylation is 1. The molecule has 0 radical (unpaired) electrons. The Bertz CT molecular complexity index is 639. The second kappa shape index (κ2) is 8.21. The van der Waals surface area contributed by atoms with Crippen molar-refractivity contribution in [1.29, 1.82) is 0 Å². The Kier molecular flexibility index (Phi) is 5.99. The average molecular weight is 335 g/mol. The van der Waals surface area contributed by atoms with Crippen LogP contribution in [0, 0.1) is 5.41 Å². The summed E-state index contributed by atoms with van der Waals surface area (Å²) in [5.74, 6) is 0.769. The molecule has 0 spiro atoms. The Morgan fingerprint density at radius 3 is 1.88 bits per heavy atom. The van der Waals surface area contributed by atoms with E-state index in [-0.39, 0.29) is 0 Å². The quantitative estimate of drug-likeness (QED) is 0.506. The van der Waals surface area contributed by atoms with E-state index in [4.69, 9.17) is 0 Å². The third kappa shape index (κ3) is 4.54. The summed E-state index contributed by atoms with van der Waals surface area (Å²) in [4.78, 5) is 0. The minimum Gasteiger partial charge on any atom is -0.0654 e. The first-order chi connectivity index (χ1) is 12.1. The zero-order valence-corrected chi connectivity index (χ0v) is 16.4. The summed E-state index contributed by atoms with van der Waals surface area (Å²) in [6.45, 7) is 7.06. The van der Waals surface area contributed by atoms with E-state index in [9.17, 15) is 0 Å². The van der Waals surface area contributed by atoms with Crippen LogP contribution in [0.5, 0.6) is 0 Å². The first kappa shape index (κ1) is 18.2. The molecule has 0 bridgehead atoms. The van der Waals surface area contributed by atoms with Crippen molar-refractivity contribution in [3.05, 3.63) is 59.7 Å². The van der Waals surface area contributed by atoms with Gasteiger partial charge in [-0.15, -0.1) is 0 Å². The largest absolute Gasteiger partial charge is 0.0654 e. The zero-order chi connectivity index (χ0) is 17.7. The average Bonchev–Trinajstić information content (AvgIpc) is 2.64. The van der Waals surface area contributed by atoms with Crippen LogP contribution in [0.4, 0.5) is 0 Å². The molecule has 1 aliphatic carbocycles. The van der Waals surface area contributed by atoms with Crippen LogP contribution in [0.25, 0.3) is 11.1 Å². The van der Waals surface area contributed by atoms with E-state index in [0.29, 0.717) is 5.41 Å². The molecule has 0 saturated heterocycles. The third-order valence-electron chi connectivity index (χ3n) is 6.25. The summed E-state index contributed by atoms with van der Waals surface area (Å²) in [6, 6.07) is 18.5. The maximum atomic E-state index is 2.50. The summed E-state index contributed by atoms with van der Waals surface area (Å²) in [5, 5.41) is 0. The Morgan fingerprint density at radius 2 is 1.36 bits per heavy atom. The van der Waals surface area contributed by atoms with Crippen LogP contribution >= 0.6 is 0 Å². The predicted molar refractivity (Wildman–Crippen MR) is 110 cm³/mol. The SMILES string of the molecule is CCCc1ccc(-c2ccc(C3CCC(C)(CCC)CC3)cc2)cc1. The van der Waals surface area contributed by atoms with Gasteiger partial charge in [0.1, 0.15) is 0 Å². The van der Waals surface area contributed by atoms with Crippen LogP contribution in [0.1, 0.15) is 82.8 Å². The van der Waals surface area contributed by atoms with Gasteiger partial charge in [0.15, 0.2) is 0 Å². The van der Waals surface area contributed by atoms with E-state index in [1.807, 2.05) is 0 Å². The molecule has 0 aliphatic heterocycles. The van der Waals surface area contributed by atoms with Crippen LogP contribution in [0.15, 0.2) is 48.5 Å². The summed E-state index contributed by atoms with van der Waals surface area (Å²) in [6.07, 6.45) is 10.6. The lowest BCUT2D eigenvalue weighted by atomic mass is 9.68. The van der Waals surface area contributed by atoms with E-state index in [2.05, 4.69) is 69.3 Å². The van der Waals surface area contributed by atoms with Gasteiger partial charge in [0.2, 0.25) is 0 Å². The fourth-order valence-corrected chi connectivity index (χ4v) is 4.60. The second-order valence-electron chi connectivity index (χ2n) is 8.40. The van der Waals surface area contributed by atoms with Crippen LogP contribution in [-0.4, -0.2) is 0 Å². The topological polar surface area (TPSA) is 0 Å². The first-order valence-electron chi connectivity index (χ1n) is 10.3. The van der Waals surface area contributed by atoms with Crippen molar-refractivity contribution in [1.82, 2.24) is 0 Å². The van der Waals surface area contributed by atoms with E-state index in [1.54, 1.807) is 5.56 Å². The normalized spacial score (nSPS) is 23.6. The van der Waals surface area contributed by atoms with Crippen molar-refractivity contribution < 1.29 is 0 Å². The Hall–Kier alpha value is -1.56. The molecule has 134 valence electrons. The fraction of sp³-hybridized carbons (Fsp3) is 0.520. The van der Waals surface area contributed by atoms with Gasteiger partial charge in [-0.25, -0.2) is 0 Å². The van der Waals surface area contributed by atoms with Crippen LogP contribution < -0.4 is 0 Å². The zero-order valence-electron chi connectivity index (χ0n) is 16.4. The molecule has 2 aromatic rings. The van der Waals surface area contributed by atoms with E-state index < -0.39 is 0 Å². The van der Waals surface area contributed by atoms with Crippen LogP contribution in [0.2, 0.25) is 0 Å². The Balaban J connectivity index is 1.64. The lowest BCUT2D eigenvalue weighted by Gasteiger charge is -2.37. The van der Waals surface area contributed by atoms with Crippen molar-refractivity contribution >= 4 is 0 Å². The molecular formula is C25H34. The van der Waals surface area contributed by atoms with E-state index >= 15 is 0 Å². The number of benzene rings is 2. The molecule has 0 unspecified atom stereocenters. The summed E-state index contributed by atoms with van der Waals surface area (Å²) in [5.41, 5.74) is 6.28. The Labute approximate surface area is 154 Å². The van der Waals surface area contributed by atoms with E-state index in [1.165, 1.54) is 68.1 Å². The van der Waals surface area contributed by atoms with Gasteiger partial charge < -0.3 is 0 Å². The summed E-state index contributed by atoms with van der Waals surface area (Å²) >= 11 is 0. The van der Waals surface area contributed by atoms with Crippen molar-refractivity contribution in [3.63, 3.8) is 0 Å². The van der Waals surface area contributed by atoms with Gasteiger partial charge in [-0.05, 0) is 72.1 Å². The lowest BCUT2D eigenvalue weighted by Crippen LogP contribution is -2.23. The van der Waals surface area contributed by atoms with Gasteiger partial charge >= 0.3 is 0 Å². The van der Waals surface area contributed by atoms with Gasteiger partial charge in [0, 0.05) is 0 Å². The van der Waals surface area contributed by atoms with Gasteiger partial charge in [-0.3, -0.25) is 0 Å². The highest BCUT2D eigenvalue weighted by atomic mass is 14.4. The molecule has 2 aromatic carbocycles. The van der Waals surface area contributed by atoms with Crippen molar-refractivity contribution in [2.45, 2.75) is 78.1 Å². The fourth-order valence-electron chi connectivity index (χ4n) is 4.60. The predicted octanol–water partition coefficient (Wildman–Crippen LogP) is 7.77. The summed E-state index contributed by atoms with van der Waals surface area (Å²) in [7, 11) is 0. The monoisotopic (exact) mass is 334 g/mol. The highest BCUT2D eigenvalue weighted by Crippen LogP contribution is 2.45. The number of hydrogen-bond acceptors (Lipinski definition) is 0. The molecule has 0 nitrogen and oxygen atoms in total. The van der Waals surface area contributed by atoms with Gasteiger partial charge in [0.25, 0.3) is 0 Å². The Morgan fingerprint density at radius 1 is 0.800 bits per heavy atom. The van der Waals surface area contributed by atoms with Gasteiger partial charge in [-0.1, -0.05) is 82.1 Å². The van der Waals surface area contributed by atoms with Crippen molar-refractivity contribution in [2.75, 3.05) is 0 Å². The maximum Gasteiger partial charge on any atom is -0.0162 e. The second-order valence-corrected chi connectivity index (χ2v) is 8.40. The van der Waals surface area contributed by atoms with Crippen LogP contribution in [0.3, 0.4) is 0 Å². The van der Waals surface area contributed by atoms with Gasteiger partial charge in [0.05, 0.1) is 0 Å². The van der Waals surface area contributed by atoms with Crippen molar-refractivity contribution in [2.24, 2.45) is 5.41 Å². The highest BCUT2D eigenvalue weighted by Gasteiger charge is 2.30. The molecular weight excluding hydrogens is 300 g/mol. The molecule has 1 fully saturated rings. The molecule has 0 atom stereocenters. The van der Waals surface area contributed by atoms with Crippen LogP contribution in [-0.2, 0) is 6.42 Å².